The second-order valence-corrected chi connectivity index (χ2v) is 7.76. The van der Waals surface area contributed by atoms with Gasteiger partial charge in [-0.1, -0.05) is 29.8 Å². The van der Waals surface area contributed by atoms with Gasteiger partial charge in [-0.25, -0.2) is 4.79 Å². The number of ether oxygens (including phenoxy) is 3. The Morgan fingerprint density at radius 3 is 2.48 bits per heavy atom. The molecule has 2 heterocycles. The number of carbonyl (C=O) groups is 2. The molecule has 6 heteroatoms. The minimum Gasteiger partial charge on any atom is -0.486 e. The predicted molar refractivity (Wildman–Crippen MR) is 116 cm³/mol. The predicted octanol–water partition coefficient (Wildman–Crippen LogP) is 4.29. The van der Waals surface area contributed by atoms with Crippen molar-refractivity contribution in [3.8, 4) is 11.5 Å². The van der Waals surface area contributed by atoms with E-state index in [0.717, 1.165) is 28.5 Å². The van der Waals surface area contributed by atoms with Crippen LogP contribution in [0, 0.1) is 20.8 Å². The quantitative estimate of drug-likeness (QED) is 0.440. The number of rotatable bonds is 6. The highest BCUT2D eigenvalue weighted by Crippen LogP contribution is 2.31. The van der Waals surface area contributed by atoms with Gasteiger partial charge in [-0.3, -0.25) is 4.79 Å². The average molecular weight is 419 g/mol. The fraction of sp³-hybridized carbons (Fsp3) is 0.280. The Balaban J connectivity index is 1.41. The van der Waals surface area contributed by atoms with Gasteiger partial charge in [-0.15, -0.1) is 0 Å². The van der Waals surface area contributed by atoms with E-state index in [1.807, 2.05) is 67.8 Å². The van der Waals surface area contributed by atoms with E-state index in [0.29, 0.717) is 24.3 Å². The summed E-state index contributed by atoms with van der Waals surface area (Å²) in [5.74, 6) is 0.728. The zero-order chi connectivity index (χ0) is 22.0. The van der Waals surface area contributed by atoms with Gasteiger partial charge in [0.05, 0.1) is 12.1 Å². The minimum atomic E-state index is -0.506. The van der Waals surface area contributed by atoms with Crippen molar-refractivity contribution >= 4 is 11.8 Å². The summed E-state index contributed by atoms with van der Waals surface area (Å²) < 4.78 is 19.1. The monoisotopic (exact) mass is 419 g/mol. The third-order valence-electron chi connectivity index (χ3n) is 5.45. The molecule has 160 valence electrons. The van der Waals surface area contributed by atoms with E-state index in [9.17, 15) is 9.59 Å². The van der Waals surface area contributed by atoms with E-state index in [4.69, 9.17) is 14.2 Å². The van der Waals surface area contributed by atoms with Crippen molar-refractivity contribution in [2.75, 3.05) is 13.2 Å². The molecule has 1 atom stereocenters. The lowest BCUT2D eigenvalue weighted by Crippen LogP contribution is -2.33. The molecule has 1 aromatic heterocycles. The molecule has 31 heavy (non-hydrogen) atoms. The number of hydrogen-bond acceptors (Lipinski definition) is 5. The molecular weight excluding hydrogens is 394 g/mol. The molecule has 0 unspecified atom stereocenters. The number of aryl methyl sites for hydroxylation is 2. The summed E-state index contributed by atoms with van der Waals surface area (Å²) in [5.41, 5.74) is 3.78. The van der Waals surface area contributed by atoms with Crippen LogP contribution in [-0.2, 0) is 11.3 Å². The van der Waals surface area contributed by atoms with E-state index in [2.05, 4.69) is 0 Å². The van der Waals surface area contributed by atoms with Crippen molar-refractivity contribution in [2.24, 2.45) is 0 Å². The molecule has 0 saturated heterocycles. The van der Waals surface area contributed by atoms with E-state index in [1.54, 1.807) is 12.1 Å². The molecule has 0 saturated carbocycles. The number of benzene rings is 2. The summed E-state index contributed by atoms with van der Waals surface area (Å²) in [6.45, 7) is 6.47. The molecule has 0 aliphatic carbocycles. The Kier molecular flexibility index (Phi) is 5.80. The fourth-order valence-corrected chi connectivity index (χ4v) is 3.70. The molecule has 0 bridgehead atoms. The van der Waals surface area contributed by atoms with Gasteiger partial charge in [0.1, 0.15) is 6.61 Å². The van der Waals surface area contributed by atoms with Crippen molar-refractivity contribution in [1.82, 2.24) is 4.57 Å². The van der Waals surface area contributed by atoms with Gasteiger partial charge in [-0.2, -0.15) is 0 Å². The average Bonchev–Trinajstić information content (AvgIpc) is 3.06. The van der Waals surface area contributed by atoms with Crippen LogP contribution in [0.5, 0.6) is 11.5 Å². The Hall–Kier alpha value is -3.54. The van der Waals surface area contributed by atoms with Crippen LogP contribution in [0.3, 0.4) is 0 Å². The standard InChI is InChI=1S/C25H25NO5/c1-16-8-10-19(11-9-16)25(28)30-15-22(27)21-12-17(2)26(18(21)3)13-20-14-29-23-6-4-5-7-24(23)31-20/h4-12,20H,13-15H2,1-3H3/t20-/m0/s1. The highest BCUT2D eigenvalue weighted by Gasteiger charge is 2.24. The van der Waals surface area contributed by atoms with Crippen molar-refractivity contribution < 1.29 is 23.8 Å². The maximum absolute atomic E-state index is 12.7. The Morgan fingerprint density at radius 1 is 1.03 bits per heavy atom. The number of carbonyl (C=O) groups excluding carboxylic acids is 2. The molecule has 4 rings (SSSR count). The van der Waals surface area contributed by atoms with Crippen molar-refractivity contribution in [3.05, 3.63) is 82.7 Å². The highest BCUT2D eigenvalue weighted by molar-refractivity contribution is 6.00. The molecule has 6 nitrogen and oxygen atoms in total. The number of para-hydroxylation sites is 2. The molecule has 1 aliphatic rings. The molecule has 1 aliphatic heterocycles. The van der Waals surface area contributed by atoms with Gasteiger partial charge >= 0.3 is 5.97 Å². The van der Waals surface area contributed by atoms with Gasteiger partial charge in [0, 0.05) is 17.0 Å². The first-order chi connectivity index (χ1) is 14.9. The van der Waals surface area contributed by atoms with Crippen LogP contribution >= 0.6 is 0 Å². The first-order valence-corrected chi connectivity index (χ1v) is 10.2. The van der Waals surface area contributed by atoms with Gasteiger partial charge < -0.3 is 18.8 Å². The Bertz CT molecular complexity index is 1110. The molecule has 0 radical (unpaired) electrons. The third-order valence-corrected chi connectivity index (χ3v) is 5.45. The first kappa shape index (κ1) is 20.7. The highest BCUT2D eigenvalue weighted by atomic mass is 16.6. The summed E-state index contributed by atoms with van der Waals surface area (Å²) in [6, 6.07) is 16.5. The Labute approximate surface area is 181 Å². The number of hydrogen-bond donors (Lipinski definition) is 0. The minimum absolute atomic E-state index is 0.165. The number of nitrogens with zero attached hydrogens (tertiary/aromatic N) is 1. The number of ketones is 1. The SMILES string of the molecule is Cc1ccc(C(=O)OCC(=O)c2cc(C)n(C[C@H]3COc4ccccc4O3)c2C)cc1. The van der Waals surface area contributed by atoms with Crippen LogP contribution in [0.1, 0.15) is 37.7 Å². The van der Waals surface area contributed by atoms with Crippen LogP contribution in [0.25, 0.3) is 0 Å². The van der Waals surface area contributed by atoms with E-state index in [1.165, 1.54) is 0 Å². The number of Topliss-reactive ketones (excluding diaryl/α,β-unsaturated/α-hetero) is 1. The zero-order valence-electron chi connectivity index (χ0n) is 17.9. The maximum atomic E-state index is 12.7. The second kappa shape index (κ2) is 8.68. The van der Waals surface area contributed by atoms with Gasteiger partial charge in [0.2, 0.25) is 5.78 Å². The van der Waals surface area contributed by atoms with Gasteiger partial charge in [-0.05, 0) is 51.1 Å². The van der Waals surface area contributed by atoms with Gasteiger partial charge in [0.25, 0.3) is 0 Å². The number of fused-ring (bicyclic) bond motifs is 1. The smallest absolute Gasteiger partial charge is 0.338 e. The second-order valence-electron chi connectivity index (χ2n) is 7.76. The fourth-order valence-electron chi connectivity index (χ4n) is 3.70. The van der Waals surface area contributed by atoms with Gasteiger partial charge in [0.15, 0.2) is 24.2 Å². The van der Waals surface area contributed by atoms with Crippen LogP contribution in [0.2, 0.25) is 0 Å². The molecule has 2 aromatic carbocycles. The lowest BCUT2D eigenvalue weighted by Gasteiger charge is -2.27. The third kappa shape index (κ3) is 4.48. The summed E-state index contributed by atoms with van der Waals surface area (Å²) in [7, 11) is 0. The molecule has 3 aromatic rings. The summed E-state index contributed by atoms with van der Waals surface area (Å²) >= 11 is 0. The Morgan fingerprint density at radius 2 is 1.74 bits per heavy atom. The van der Waals surface area contributed by atoms with Crippen LogP contribution in [0.4, 0.5) is 0 Å². The van der Waals surface area contributed by atoms with Crippen LogP contribution < -0.4 is 9.47 Å². The summed E-state index contributed by atoms with van der Waals surface area (Å²) in [5, 5.41) is 0. The molecule has 0 amide bonds. The first-order valence-electron chi connectivity index (χ1n) is 10.2. The van der Waals surface area contributed by atoms with E-state index in [-0.39, 0.29) is 18.5 Å². The molecule has 0 fully saturated rings. The normalized spacial score (nSPS) is 14.9. The zero-order valence-corrected chi connectivity index (χ0v) is 17.9. The lowest BCUT2D eigenvalue weighted by atomic mass is 10.1. The number of esters is 1. The van der Waals surface area contributed by atoms with E-state index >= 15 is 0 Å². The van der Waals surface area contributed by atoms with Crippen molar-refractivity contribution in [3.63, 3.8) is 0 Å². The summed E-state index contributed by atoms with van der Waals surface area (Å²) in [4.78, 5) is 24.9. The van der Waals surface area contributed by atoms with Crippen molar-refractivity contribution in [1.29, 1.82) is 0 Å². The molecule has 0 N–H and O–H groups in total. The topological polar surface area (TPSA) is 66.8 Å². The largest absolute Gasteiger partial charge is 0.486 e. The maximum Gasteiger partial charge on any atom is 0.338 e. The molecular formula is C25H25NO5. The lowest BCUT2D eigenvalue weighted by molar-refractivity contribution is 0.0474. The van der Waals surface area contributed by atoms with Crippen LogP contribution in [-0.4, -0.2) is 35.6 Å². The summed E-state index contributed by atoms with van der Waals surface area (Å²) in [6.07, 6.45) is -0.165. The number of aromatic nitrogens is 1. The van der Waals surface area contributed by atoms with Crippen molar-refractivity contribution in [2.45, 2.75) is 33.4 Å². The van der Waals surface area contributed by atoms with Crippen LogP contribution in [0.15, 0.2) is 54.6 Å². The molecule has 0 spiro atoms. The van der Waals surface area contributed by atoms with E-state index < -0.39 is 5.97 Å².